The number of aliphatic imine (C=N–C) groups is 1. The van der Waals surface area contributed by atoms with Crippen LogP contribution in [0.4, 0.5) is 0 Å². The van der Waals surface area contributed by atoms with Crippen molar-refractivity contribution < 1.29 is 4.79 Å². The molecule has 0 fully saturated rings. The van der Waals surface area contributed by atoms with Crippen LogP contribution in [-0.4, -0.2) is 47.7 Å². The lowest BCUT2D eigenvalue weighted by Crippen LogP contribution is -2.38. The highest BCUT2D eigenvalue weighted by atomic mass is 32.2. The molecule has 0 saturated heterocycles. The zero-order valence-electron chi connectivity index (χ0n) is 11.8. The van der Waals surface area contributed by atoms with Crippen molar-refractivity contribution in [3.8, 4) is 6.19 Å². The fraction of sp³-hybridized carbons (Fsp3) is 0.500. The molecule has 0 spiro atoms. The van der Waals surface area contributed by atoms with Gasteiger partial charge in [0.1, 0.15) is 0 Å². The van der Waals surface area contributed by atoms with E-state index in [0.717, 1.165) is 22.9 Å². The van der Waals surface area contributed by atoms with Crippen molar-refractivity contribution in [1.29, 1.82) is 5.26 Å². The van der Waals surface area contributed by atoms with Gasteiger partial charge in [-0.05, 0) is 6.92 Å². The highest BCUT2D eigenvalue weighted by molar-refractivity contribution is 7.98. The number of nitriles is 1. The monoisotopic (exact) mass is 309 g/mol. The van der Waals surface area contributed by atoms with Gasteiger partial charge < -0.3 is 15.6 Å². The van der Waals surface area contributed by atoms with Crippen LogP contribution in [0.3, 0.4) is 0 Å². The van der Waals surface area contributed by atoms with Gasteiger partial charge in [-0.1, -0.05) is 0 Å². The molecule has 1 rings (SSSR count). The number of carbonyl (C=O) groups excluding carboxylic acids is 1. The number of nitrogens with zero attached hydrogens (tertiary/aromatic N) is 3. The Hall–Kier alpha value is -2.21. The van der Waals surface area contributed by atoms with Gasteiger partial charge in [0.2, 0.25) is 12.4 Å². The number of thioether (sulfide) groups is 1. The molecule has 21 heavy (non-hydrogen) atoms. The first-order chi connectivity index (χ1) is 10.3. The molecule has 0 aliphatic rings. The van der Waals surface area contributed by atoms with Crippen molar-refractivity contribution in [3.63, 3.8) is 0 Å². The minimum Gasteiger partial charge on any atom is -0.357 e. The van der Waals surface area contributed by atoms with E-state index in [1.54, 1.807) is 18.1 Å². The molecule has 0 aromatic carbocycles. The summed E-state index contributed by atoms with van der Waals surface area (Å²) in [6, 6.07) is 0. The number of aromatic nitrogens is 2. The van der Waals surface area contributed by atoms with Gasteiger partial charge >= 0.3 is 0 Å². The predicted octanol–water partition coefficient (Wildman–Crippen LogP) is -0.286. The molecule has 0 radical (unpaired) electrons. The molecule has 1 aromatic rings. The van der Waals surface area contributed by atoms with Crippen LogP contribution in [0.15, 0.2) is 11.3 Å². The maximum atomic E-state index is 10.1. The number of aromatic amines is 1. The highest BCUT2D eigenvalue weighted by Gasteiger charge is 2.01. The third-order valence-corrected chi connectivity index (χ3v) is 3.45. The molecule has 114 valence electrons. The van der Waals surface area contributed by atoms with E-state index in [1.807, 2.05) is 13.1 Å². The van der Waals surface area contributed by atoms with Crippen molar-refractivity contribution in [2.24, 2.45) is 4.99 Å². The van der Waals surface area contributed by atoms with Gasteiger partial charge in [0, 0.05) is 30.3 Å². The van der Waals surface area contributed by atoms with Crippen LogP contribution in [0.5, 0.6) is 0 Å². The molecule has 1 heterocycles. The molecule has 0 aliphatic carbocycles. The van der Waals surface area contributed by atoms with Crippen LogP contribution < -0.4 is 16.0 Å². The third-order valence-electron chi connectivity index (χ3n) is 2.50. The summed E-state index contributed by atoms with van der Waals surface area (Å²) in [7, 11) is 0. The first-order valence-electron chi connectivity index (χ1n) is 6.45. The highest BCUT2D eigenvalue weighted by Crippen LogP contribution is 2.11. The molecule has 0 aliphatic heterocycles. The Bertz CT molecular complexity index is 494. The number of H-pyrrole nitrogens is 1. The Morgan fingerprint density at radius 2 is 2.48 bits per heavy atom. The van der Waals surface area contributed by atoms with E-state index < -0.39 is 0 Å². The molecule has 8 nitrogen and oxygen atoms in total. The molecular weight excluding hydrogens is 290 g/mol. The lowest BCUT2D eigenvalue weighted by molar-refractivity contribution is -0.109. The predicted molar refractivity (Wildman–Crippen MR) is 82.6 cm³/mol. The number of hydrogen-bond donors (Lipinski definition) is 4. The summed E-state index contributed by atoms with van der Waals surface area (Å²) in [4.78, 5) is 21.6. The van der Waals surface area contributed by atoms with Gasteiger partial charge in [0.05, 0.1) is 18.6 Å². The number of imidazole rings is 1. The number of amides is 1. The summed E-state index contributed by atoms with van der Waals surface area (Å²) in [5, 5.41) is 16.6. The second kappa shape index (κ2) is 10.6. The van der Waals surface area contributed by atoms with Gasteiger partial charge in [-0.25, -0.2) is 4.98 Å². The van der Waals surface area contributed by atoms with E-state index in [2.05, 4.69) is 30.9 Å². The minimum absolute atomic E-state index is 0.418. The number of nitrogens with one attached hydrogen (secondary N) is 4. The van der Waals surface area contributed by atoms with Crippen LogP contribution in [0.2, 0.25) is 0 Å². The largest absolute Gasteiger partial charge is 0.357 e. The summed E-state index contributed by atoms with van der Waals surface area (Å²) in [5.74, 6) is 2.08. The molecule has 0 saturated carbocycles. The molecule has 0 unspecified atom stereocenters. The molecule has 1 amide bonds. The first-order valence-corrected chi connectivity index (χ1v) is 7.60. The summed E-state index contributed by atoms with van der Waals surface area (Å²) < 4.78 is 0. The maximum Gasteiger partial charge on any atom is 0.207 e. The van der Waals surface area contributed by atoms with E-state index in [9.17, 15) is 4.79 Å². The average Bonchev–Trinajstić information content (AvgIpc) is 2.88. The molecule has 0 bridgehead atoms. The fourth-order valence-corrected chi connectivity index (χ4v) is 2.28. The second-order valence-corrected chi connectivity index (χ2v) is 5.10. The van der Waals surface area contributed by atoms with Crippen molar-refractivity contribution in [2.75, 3.05) is 25.4 Å². The van der Waals surface area contributed by atoms with Gasteiger partial charge in [-0.3, -0.25) is 15.1 Å². The Kier molecular flexibility index (Phi) is 8.47. The first kappa shape index (κ1) is 16.8. The number of aryl methyl sites for hydroxylation is 1. The Morgan fingerprint density at radius 1 is 1.62 bits per heavy atom. The van der Waals surface area contributed by atoms with Gasteiger partial charge in [0.15, 0.2) is 6.19 Å². The Labute approximate surface area is 127 Å². The molecular formula is C12H19N7OS. The van der Waals surface area contributed by atoms with Crippen LogP contribution >= 0.6 is 11.8 Å². The normalized spacial score (nSPS) is 10.8. The van der Waals surface area contributed by atoms with Crippen molar-refractivity contribution in [2.45, 2.75) is 12.7 Å². The molecule has 1 aromatic heterocycles. The third kappa shape index (κ3) is 7.22. The van der Waals surface area contributed by atoms with Crippen molar-refractivity contribution in [1.82, 2.24) is 25.9 Å². The smallest absolute Gasteiger partial charge is 0.207 e. The zero-order valence-corrected chi connectivity index (χ0v) is 12.7. The van der Waals surface area contributed by atoms with Crippen LogP contribution in [0.25, 0.3) is 0 Å². The quantitative estimate of drug-likeness (QED) is 0.124. The van der Waals surface area contributed by atoms with E-state index in [1.165, 1.54) is 0 Å². The second-order valence-electron chi connectivity index (χ2n) is 3.99. The van der Waals surface area contributed by atoms with E-state index in [0.29, 0.717) is 32.0 Å². The Balaban J connectivity index is 2.22. The van der Waals surface area contributed by atoms with Gasteiger partial charge in [-0.15, -0.1) is 0 Å². The molecule has 9 heteroatoms. The summed E-state index contributed by atoms with van der Waals surface area (Å²) >= 11 is 1.73. The van der Waals surface area contributed by atoms with Gasteiger partial charge in [0.25, 0.3) is 0 Å². The van der Waals surface area contributed by atoms with Crippen LogP contribution in [0, 0.1) is 18.4 Å². The van der Waals surface area contributed by atoms with Gasteiger partial charge in [-0.2, -0.15) is 17.0 Å². The number of guanidine groups is 1. The van der Waals surface area contributed by atoms with Crippen molar-refractivity contribution >= 4 is 24.1 Å². The average molecular weight is 309 g/mol. The molecule has 0 atom stereocenters. The lowest BCUT2D eigenvalue weighted by atomic mass is 10.4. The maximum absolute atomic E-state index is 10.1. The molecule has 4 N–H and O–H groups in total. The number of hydrogen-bond acceptors (Lipinski definition) is 5. The number of rotatable bonds is 9. The summed E-state index contributed by atoms with van der Waals surface area (Å²) in [5.41, 5.74) is 2.14. The minimum atomic E-state index is 0.418. The van der Waals surface area contributed by atoms with E-state index in [-0.39, 0.29) is 0 Å². The van der Waals surface area contributed by atoms with Crippen LogP contribution in [0.1, 0.15) is 11.4 Å². The fourth-order valence-electron chi connectivity index (χ4n) is 1.43. The van der Waals surface area contributed by atoms with E-state index in [4.69, 9.17) is 5.26 Å². The summed E-state index contributed by atoms with van der Waals surface area (Å²) in [6.07, 6.45) is 4.14. The Morgan fingerprint density at radius 3 is 3.14 bits per heavy atom. The summed E-state index contributed by atoms with van der Waals surface area (Å²) in [6.45, 7) is 3.56. The zero-order chi connectivity index (χ0) is 15.3. The van der Waals surface area contributed by atoms with Crippen LogP contribution in [-0.2, 0) is 10.5 Å². The van der Waals surface area contributed by atoms with Crippen molar-refractivity contribution in [3.05, 3.63) is 17.7 Å². The van der Waals surface area contributed by atoms with E-state index >= 15 is 0 Å². The number of carbonyl (C=O) groups is 1. The standard InChI is InChI=1S/C12H19N7OS/c1-10-11(19-8-18-10)6-21-5-4-16-12(17-7-13)15-3-2-14-9-20/h8-9H,2-6H2,1H3,(H,14,20)(H,18,19)(H2,15,16,17). The SMILES string of the molecule is Cc1[nH]cnc1CSCCN=C(NC#N)NCCNC=O. The lowest BCUT2D eigenvalue weighted by Gasteiger charge is -2.07. The topological polar surface area (TPSA) is 118 Å².